The van der Waals surface area contributed by atoms with Gasteiger partial charge in [0, 0.05) is 12.2 Å². The standard InChI is InChI=1S/C8H9ClN2O2.2ClH/c9-7-2-1-5(4-11-7)6(10)3-8(12)13;;/h1-2,4,6H,3,10H2,(H,12,13);2*1H. The van der Waals surface area contributed by atoms with E-state index in [0.29, 0.717) is 10.7 Å². The zero-order chi connectivity index (χ0) is 9.84. The number of carboxylic acid groups (broad SMARTS) is 1. The molecule has 1 rings (SSSR count). The number of carbonyl (C=O) groups is 1. The number of halogens is 3. The molecule has 0 amide bonds. The van der Waals surface area contributed by atoms with Crippen molar-refractivity contribution in [2.24, 2.45) is 5.73 Å². The van der Waals surface area contributed by atoms with Crippen molar-refractivity contribution in [3.05, 3.63) is 29.0 Å². The van der Waals surface area contributed by atoms with Crippen molar-refractivity contribution < 1.29 is 9.90 Å². The number of nitrogens with two attached hydrogens (primary N) is 1. The average molecular weight is 274 g/mol. The fourth-order valence-corrected chi connectivity index (χ4v) is 1.02. The van der Waals surface area contributed by atoms with Crippen LogP contribution in [-0.4, -0.2) is 16.1 Å². The Bertz CT molecular complexity index is 305. The van der Waals surface area contributed by atoms with Crippen molar-refractivity contribution in [1.29, 1.82) is 0 Å². The van der Waals surface area contributed by atoms with E-state index in [2.05, 4.69) is 4.98 Å². The molecular formula is C8H11Cl3N2O2. The second kappa shape index (κ2) is 7.70. The first-order valence-corrected chi connectivity index (χ1v) is 4.06. The number of pyridine rings is 1. The molecule has 1 unspecified atom stereocenters. The number of hydrogen-bond donors (Lipinski definition) is 2. The zero-order valence-electron chi connectivity index (χ0n) is 7.59. The highest BCUT2D eigenvalue weighted by molar-refractivity contribution is 6.29. The predicted molar refractivity (Wildman–Crippen MR) is 62.9 cm³/mol. The number of nitrogens with zero attached hydrogens (tertiary/aromatic N) is 1. The van der Waals surface area contributed by atoms with Gasteiger partial charge in [0.05, 0.1) is 6.42 Å². The van der Waals surface area contributed by atoms with Gasteiger partial charge in [-0.3, -0.25) is 4.79 Å². The van der Waals surface area contributed by atoms with Gasteiger partial charge < -0.3 is 10.8 Å². The normalized spacial score (nSPS) is 10.8. The summed E-state index contributed by atoms with van der Waals surface area (Å²) in [6, 6.07) is 2.73. The Labute approximate surface area is 105 Å². The molecule has 0 fully saturated rings. The molecule has 3 N–H and O–H groups in total. The van der Waals surface area contributed by atoms with Crippen LogP contribution in [0.3, 0.4) is 0 Å². The first-order valence-electron chi connectivity index (χ1n) is 3.68. The molecule has 1 heterocycles. The van der Waals surface area contributed by atoms with Crippen LogP contribution < -0.4 is 5.73 Å². The maximum atomic E-state index is 10.3. The van der Waals surface area contributed by atoms with Crippen molar-refractivity contribution in [3.8, 4) is 0 Å². The van der Waals surface area contributed by atoms with Crippen LogP contribution in [-0.2, 0) is 4.79 Å². The van der Waals surface area contributed by atoms with Crippen LogP contribution in [0, 0.1) is 0 Å². The topological polar surface area (TPSA) is 76.2 Å². The Balaban J connectivity index is 0. The van der Waals surface area contributed by atoms with Gasteiger partial charge in [-0.05, 0) is 11.6 Å². The van der Waals surface area contributed by atoms with E-state index in [0.717, 1.165) is 0 Å². The van der Waals surface area contributed by atoms with Gasteiger partial charge in [0.25, 0.3) is 0 Å². The lowest BCUT2D eigenvalue weighted by molar-refractivity contribution is -0.137. The Morgan fingerprint density at radius 1 is 1.53 bits per heavy atom. The van der Waals surface area contributed by atoms with Crippen LogP contribution in [0.1, 0.15) is 18.0 Å². The molecule has 0 saturated carbocycles. The lowest BCUT2D eigenvalue weighted by atomic mass is 10.1. The smallest absolute Gasteiger partial charge is 0.305 e. The molecule has 1 aromatic heterocycles. The van der Waals surface area contributed by atoms with E-state index in [1.807, 2.05) is 0 Å². The van der Waals surface area contributed by atoms with Crippen LogP contribution in [0.15, 0.2) is 18.3 Å². The molecule has 0 radical (unpaired) electrons. The molecule has 0 aromatic carbocycles. The van der Waals surface area contributed by atoms with Gasteiger partial charge >= 0.3 is 5.97 Å². The number of aromatic nitrogens is 1. The van der Waals surface area contributed by atoms with Crippen molar-refractivity contribution in [1.82, 2.24) is 4.98 Å². The van der Waals surface area contributed by atoms with E-state index in [9.17, 15) is 4.79 Å². The molecule has 0 bridgehead atoms. The number of hydrogen-bond acceptors (Lipinski definition) is 3. The first-order chi connectivity index (χ1) is 6.09. The summed E-state index contributed by atoms with van der Waals surface area (Å²) >= 11 is 5.55. The minimum atomic E-state index is -0.928. The number of carboxylic acids is 1. The second-order valence-electron chi connectivity index (χ2n) is 2.62. The molecule has 86 valence electrons. The largest absolute Gasteiger partial charge is 0.481 e. The van der Waals surface area contributed by atoms with Gasteiger partial charge in [-0.1, -0.05) is 17.7 Å². The van der Waals surface area contributed by atoms with E-state index in [1.54, 1.807) is 12.1 Å². The van der Waals surface area contributed by atoms with Crippen molar-refractivity contribution in [3.63, 3.8) is 0 Å². The number of aliphatic carboxylic acids is 1. The summed E-state index contributed by atoms with van der Waals surface area (Å²) in [6.07, 6.45) is 1.37. The molecule has 1 atom stereocenters. The molecule has 7 heteroatoms. The molecule has 0 saturated heterocycles. The molecule has 0 aliphatic carbocycles. The Kier molecular flexibility index (Phi) is 8.66. The summed E-state index contributed by atoms with van der Waals surface area (Å²) in [7, 11) is 0. The molecule has 0 aliphatic rings. The van der Waals surface area contributed by atoms with E-state index in [1.165, 1.54) is 6.20 Å². The summed E-state index contributed by atoms with van der Waals surface area (Å²) in [5.74, 6) is -0.928. The fourth-order valence-electron chi connectivity index (χ4n) is 0.913. The molecule has 15 heavy (non-hydrogen) atoms. The lowest BCUT2D eigenvalue weighted by Crippen LogP contribution is -2.15. The summed E-state index contributed by atoms with van der Waals surface area (Å²) in [5.41, 5.74) is 6.26. The second-order valence-corrected chi connectivity index (χ2v) is 3.01. The minimum absolute atomic E-state index is 0. The molecule has 0 aliphatic heterocycles. The first kappa shape index (κ1) is 16.9. The Hall–Kier alpha value is -0.550. The third-order valence-corrected chi connectivity index (χ3v) is 1.80. The van der Waals surface area contributed by atoms with Gasteiger partial charge in [0.15, 0.2) is 0 Å². The predicted octanol–water partition coefficient (Wildman–Crippen LogP) is 2.05. The van der Waals surface area contributed by atoms with Gasteiger partial charge in [-0.15, -0.1) is 24.8 Å². The van der Waals surface area contributed by atoms with Crippen LogP contribution in [0.25, 0.3) is 0 Å². The summed E-state index contributed by atoms with van der Waals surface area (Å²) in [6.45, 7) is 0. The highest BCUT2D eigenvalue weighted by atomic mass is 35.5. The molecule has 4 nitrogen and oxygen atoms in total. The third kappa shape index (κ3) is 5.79. The Morgan fingerprint density at radius 3 is 2.53 bits per heavy atom. The van der Waals surface area contributed by atoms with Gasteiger partial charge in [-0.25, -0.2) is 4.98 Å². The molecule has 0 spiro atoms. The maximum absolute atomic E-state index is 10.3. The minimum Gasteiger partial charge on any atom is -0.481 e. The average Bonchev–Trinajstić information content (AvgIpc) is 2.04. The van der Waals surface area contributed by atoms with Gasteiger partial charge in [0.2, 0.25) is 0 Å². The molecule has 1 aromatic rings. The Morgan fingerprint density at radius 2 is 2.13 bits per heavy atom. The van der Waals surface area contributed by atoms with E-state index in [-0.39, 0.29) is 31.2 Å². The van der Waals surface area contributed by atoms with Gasteiger partial charge in [0.1, 0.15) is 5.15 Å². The van der Waals surface area contributed by atoms with E-state index in [4.69, 9.17) is 22.4 Å². The third-order valence-electron chi connectivity index (χ3n) is 1.57. The lowest BCUT2D eigenvalue weighted by Gasteiger charge is -2.07. The van der Waals surface area contributed by atoms with Crippen LogP contribution in [0.5, 0.6) is 0 Å². The van der Waals surface area contributed by atoms with E-state index >= 15 is 0 Å². The fraction of sp³-hybridized carbons (Fsp3) is 0.250. The summed E-state index contributed by atoms with van der Waals surface area (Å²) < 4.78 is 0. The van der Waals surface area contributed by atoms with Crippen LogP contribution in [0.4, 0.5) is 0 Å². The summed E-state index contributed by atoms with van der Waals surface area (Å²) in [5, 5.41) is 8.84. The SMILES string of the molecule is Cl.Cl.NC(CC(=O)O)c1ccc(Cl)nc1. The van der Waals surface area contributed by atoms with Crippen LogP contribution >= 0.6 is 36.4 Å². The van der Waals surface area contributed by atoms with Gasteiger partial charge in [-0.2, -0.15) is 0 Å². The van der Waals surface area contributed by atoms with Crippen LogP contribution in [0.2, 0.25) is 5.15 Å². The highest BCUT2D eigenvalue weighted by Crippen LogP contribution is 2.14. The summed E-state index contributed by atoms with van der Waals surface area (Å²) in [4.78, 5) is 14.1. The van der Waals surface area contributed by atoms with E-state index < -0.39 is 12.0 Å². The zero-order valence-corrected chi connectivity index (χ0v) is 9.98. The molecular weight excluding hydrogens is 262 g/mol. The van der Waals surface area contributed by atoms with Crippen molar-refractivity contribution in [2.75, 3.05) is 0 Å². The quantitative estimate of drug-likeness (QED) is 0.827. The maximum Gasteiger partial charge on any atom is 0.305 e. The monoisotopic (exact) mass is 272 g/mol. The van der Waals surface area contributed by atoms with Crippen molar-refractivity contribution >= 4 is 42.4 Å². The highest BCUT2D eigenvalue weighted by Gasteiger charge is 2.10. The van der Waals surface area contributed by atoms with Crippen molar-refractivity contribution in [2.45, 2.75) is 12.5 Å². The number of rotatable bonds is 3.